The Kier molecular flexibility index (Phi) is 20.3. The van der Waals surface area contributed by atoms with E-state index in [1.165, 1.54) is 55.6 Å². The fourth-order valence-electron chi connectivity index (χ4n) is 11.0. The minimum absolute atomic E-state index is 0.782. The highest BCUT2D eigenvalue weighted by Gasteiger charge is 2.16. The second-order valence-electron chi connectivity index (χ2n) is 22.4. The van der Waals surface area contributed by atoms with E-state index in [4.69, 9.17) is 11.5 Å². The highest BCUT2D eigenvalue weighted by Crippen LogP contribution is 2.39. The summed E-state index contributed by atoms with van der Waals surface area (Å²) in [5, 5.41) is 0. The van der Waals surface area contributed by atoms with Gasteiger partial charge in [0.1, 0.15) is 0 Å². The predicted molar refractivity (Wildman–Crippen MR) is 403 cm³/mol. The number of hydrogen-bond acceptors (Lipinski definition) is 4. The summed E-state index contributed by atoms with van der Waals surface area (Å²) in [4.78, 5) is 4.65. The average Bonchev–Trinajstić information content (AvgIpc) is 1.45. The second kappa shape index (κ2) is 30.6. The van der Waals surface area contributed by atoms with E-state index in [0.29, 0.717) is 0 Å². The van der Waals surface area contributed by atoms with E-state index in [-0.39, 0.29) is 0 Å². The van der Waals surface area contributed by atoms with E-state index in [0.717, 1.165) is 72.2 Å². The zero-order valence-electron chi connectivity index (χ0n) is 51.5. The number of hydrogen-bond donors (Lipinski definition) is 2. The van der Waals surface area contributed by atoms with Crippen LogP contribution in [0.1, 0.15) is 22.3 Å². The molecule has 0 bridgehead atoms. The van der Waals surface area contributed by atoms with Gasteiger partial charge in [0.2, 0.25) is 0 Å². The van der Waals surface area contributed by atoms with Crippen molar-refractivity contribution < 1.29 is 0 Å². The van der Waals surface area contributed by atoms with Crippen LogP contribution in [0, 0.1) is 0 Å². The Morgan fingerprint density at radius 1 is 0.183 bits per heavy atom. The van der Waals surface area contributed by atoms with Crippen molar-refractivity contribution in [2.45, 2.75) is 0 Å². The molecule has 0 amide bonds. The summed E-state index contributed by atoms with van der Waals surface area (Å²) >= 11 is 3.42. The van der Waals surface area contributed by atoms with Crippen LogP contribution in [0.3, 0.4) is 0 Å². The van der Waals surface area contributed by atoms with Crippen LogP contribution in [0.15, 0.2) is 375 Å². The molecule has 4 nitrogen and oxygen atoms in total. The maximum absolute atomic E-state index is 5.61. The molecule has 448 valence electrons. The van der Waals surface area contributed by atoms with Gasteiger partial charge in [0, 0.05) is 50.0 Å². The molecule has 0 fully saturated rings. The topological polar surface area (TPSA) is 58.5 Å². The Morgan fingerprint density at radius 3 is 0.548 bits per heavy atom. The van der Waals surface area contributed by atoms with Crippen LogP contribution in [0.2, 0.25) is 0 Å². The quantitative estimate of drug-likeness (QED) is 0.0793. The number of anilines is 8. The predicted octanol–water partition coefficient (Wildman–Crippen LogP) is 24.6. The van der Waals surface area contributed by atoms with Crippen molar-refractivity contribution in [3.05, 3.63) is 397 Å². The molecule has 0 unspecified atom stereocenters. The first kappa shape index (κ1) is 61.5. The maximum Gasteiger partial charge on any atom is 0.0462 e. The summed E-state index contributed by atoms with van der Waals surface area (Å²) in [6.07, 6.45) is 8.47. The molecule has 0 heterocycles. The molecule has 5 heteroatoms. The zero-order valence-corrected chi connectivity index (χ0v) is 53.0. The molecule has 0 saturated heterocycles. The van der Waals surface area contributed by atoms with E-state index in [1.807, 2.05) is 66.7 Å². The lowest BCUT2D eigenvalue weighted by Crippen LogP contribution is -2.09. The van der Waals surface area contributed by atoms with Crippen molar-refractivity contribution >= 4 is 85.7 Å². The molecule has 0 aliphatic rings. The smallest absolute Gasteiger partial charge is 0.0462 e. The molecule has 0 spiro atoms. The van der Waals surface area contributed by atoms with Crippen LogP contribution >= 0.6 is 15.9 Å². The fourth-order valence-corrected chi connectivity index (χ4v) is 11.2. The average molecular weight is 1260 g/mol. The first-order valence-corrected chi connectivity index (χ1v) is 31.9. The molecular weight excluding hydrogens is 1190 g/mol. The van der Waals surface area contributed by atoms with E-state index >= 15 is 0 Å². The monoisotopic (exact) mass is 1260 g/mol. The third-order valence-electron chi connectivity index (χ3n) is 16.0. The number of halogens is 1. The minimum atomic E-state index is 0.782. The minimum Gasteiger partial charge on any atom is -0.399 e. The van der Waals surface area contributed by atoms with Gasteiger partial charge < -0.3 is 21.3 Å². The summed E-state index contributed by atoms with van der Waals surface area (Å²) in [6.45, 7) is 0. The highest BCUT2D eigenvalue weighted by molar-refractivity contribution is 9.10. The van der Waals surface area contributed by atoms with Gasteiger partial charge in [-0.1, -0.05) is 301 Å². The summed E-state index contributed by atoms with van der Waals surface area (Å²) < 4.78 is 1.12. The Hall–Kier alpha value is -11.8. The largest absolute Gasteiger partial charge is 0.399 e. The first-order chi connectivity index (χ1) is 45.8. The molecule has 93 heavy (non-hydrogen) atoms. The zero-order chi connectivity index (χ0) is 63.4. The lowest BCUT2D eigenvalue weighted by molar-refractivity contribution is 1.28. The summed E-state index contributed by atoms with van der Waals surface area (Å²) in [7, 11) is 0. The van der Waals surface area contributed by atoms with Crippen molar-refractivity contribution in [3.63, 3.8) is 0 Å². The van der Waals surface area contributed by atoms with Crippen molar-refractivity contribution in [2.24, 2.45) is 0 Å². The molecule has 0 aliphatic heterocycles. The Labute approximate surface area is 555 Å². The second-order valence-corrected chi connectivity index (χ2v) is 23.3. The van der Waals surface area contributed by atoms with E-state index in [9.17, 15) is 0 Å². The molecule has 14 aromatic carbocycles. The van der Waals surface area contributed by atoms with E-state index in [2.05, 4.69) is 353 Å². The summed E-state index contributed by atoms with van der Waals surface area (Å²) in [5.41, 5.74) is 36.0. The van der Waals surface area contributed by atoms with Gasteiger partial charge in [0.05, 0.1) is 0 Å². The van der Waals surface area contributed by atoms with Gasteiger partial charge in [-0.2, -0.15) is 0 Å². The standard InChI is InChI=1S/C62H46N2.C14H14N2.C12H9Br/c1-5-13-49(14-6-1)53-27-39-59(40-28-53)63(60-41-29-54(30-42-60)50-15-7-2-8-16-50)57-35-23-47(24-36-57)21-22-48-25-37-58(38-26-48)64(61-43-31-55(32-44-61)51-17-9-3-10-18-51)62-45-33-56(34-46-62)52-19-11-4-12-20-52;15-13-7-3-11(4-8-13)1-2-12-5-9-14(16)10-6-12;13-12-8-6-11(7-9-12)10-4-2-1-3-5-10/h1-46H;1-10H,15-16H2;1-9H/b22-21+;2-1+;. The van der Waals surface area contributed by atoms with Crippen molar-refractivity contribution in [1.29, 1.82) is 0 Å². The van der Waals surface area contributed by atoms with Crippen molar-refractivity contribution in [1.82, 2.24) is 0 Å². The SMILES string of the molecule is Brc1ccc(-c2ccccc2)cc1.C(=C\c1ccc(N(c2ccc(-c3ccccc3)cc2)c2ccc(-c3ccccc3)cc2)cc1)/c1ccc(N(c2ccc(-c3ccccc3)cc2)c2ccc(-c3ccccc3)cc2)cc1.Nc1ccc(/C=C/c2ccc(N)cc2)cc1. The van der Waals surface area contributed by atoms with Crippen LogP contribution in [-0.4, -0.2) is 0 Å². The molecule has 0 aliphatic carbocycles. The Bertz CT molecular complexity index is 4200. The van der Waals surface area contributed by atoms with Crippen molar-refractivity contribution in [2.75, 3.05) is 21.3 Å². The van der Waals surface area contributed by atoms with Crippen LogP contribution in [0.5, 0.6) is 0 Å². The van der Waals surface area contributed by atoms with Gasteiger partial charge in [0.15, 0.2) is 0 Å². The van der Waals surface area contributed by atoms with Gasteiger partial charge in [-0.15, -0.1) is 0 Å². The van der Waals surface area contributed by atoms with E-state index in [1.54, 1.807) is 0 Å². The van der Waals surface area contributed by atoms with Gasteiger partial charge in [-0.25, -0.2) is 0 Å². The lowest BCUT2D eigenvalue weighted by Gasteiger charge is -2.26. The maximum atomic E-state index is 5.61. The van der Waals surface area contributed by atoms with Crippen LogP contribution < -0.4 is 21.3 Å². The number of benzene rings is 14. The van der Waals surface area contributed by atoms with E-state index < -0.39 is 0 Å². The van der Waals surface area contributed by atoms with Crippen LogP contribution in [0.4, 0.5) is 45.5 Å². The lowest BCUT2D eigenvalue weighted by atomic mass is 10.0. The summed E-state index contributed by atoms with van der Waals surface area (Å²) in [6, 6.07) is 129. The first-order valence-electron chi connectivity index (χ1n) is 31.1. The van der Waals surface area contributed by atoms with Gasteiger partial charge in [-0.05, 0) is 187 Å². The Balaban J connectivity index is 0.000000233. The number of nitrogen functional groups attached to an aromatic ring is 2. The number of nitrogens with two attached hydrogens (primary N) is 2. The highest BCUT2D eigenvalue weighted by atomic mass is 79.9. The number of rotatable bonds is 15. The molecule has 14 aromatic rings. The third kappa shape index (κ3) is 16.6. The van der Waals surface area contributed by atoms with Gasteiger partial charge in [0.25, 0.3) is 0 Å². The Morgan fingerprint density at radius 2 is 0.344 bits per heavy atom. The third-order valence-corrected chi connectivity index (χ3v) is 16.5. The molecule has 14 rings (SSSR count). The normalized spacial score (nSPS) is 10.8. The van der Waals surface area contributed by atoms with Crippen molar-refractivity contribution in [3.8, 4) is 55.6 Å². The van der Waals surface area contributed by atoms with Gasteiger partial charge >= 0.3 is 0 Å². The molecule has 0 aromatic heterocycles. The van der Waals surface area contributed by atoms with Crippen LogP contribution in [0.25, 0.3) is 79.9 Å². The molecule has 4 N–H and O–H groups in total. The molecular formula is C88H69BrN4. The van der Waals surface area contributed by atoms with Gasteiger partial charge in [-0.3, -0.25) is 0 Å². The molecule has 0 atom stereocenters. The number of nitrogens with zero attached hydrogens (tertiary/aromatic N) is 2. The van der Waals surface area contributed by atoms with Crippen LogP contribution in [-0.2, 0) is 0 Å². The fraction of sp³-hybridized carbons (Fsp3) is 0. The summed E-state index contributed by atoms with van der Waals surface area (Å²) in [5.74, 6) is 0. The molecule has 0 saturated carbocycles. The molecule has 0 radical (unpaired) electrons.